The Balaban J connectivity index is 2.71. The summed E-state index contributed by atoms with van der Waals surface area (Å²) in [6.45, 7) is 11.2. The lowest BCUT2D eigenvalue weighted by atomic mass is 10.0. The van der Waals surface area contributed by atoms with E-state index in [1.807, 2.05) is 37.3 Å². The third-order valence-electron chi connectivity index (χ3n) is 3.99. The molecule has 2 amide bonds. The van der Waals surface area contributed by atoms with Gasteiger partial charge in [0.15, 0.2) is 0 Å². The molecule has 0 unspecified atom stereocenters. The zero-order valence-corrected chi connectivity index (χ0v) is 14.7. The summed E-state index contributed by atoms with van der Waals surface area (Å²) in [6, 6.07) is 8.48. The van der Waals surface area contributed by atoms with Gasteiger partial charge in [-0.05, 0) is 18.4 Å². The van der Waals surface area contributed by atoms with Gasteiger partial charge in [0.2, 0.25) is 0 Å². The molecule has 3 atom stereocenters. The lowest BCUT2D eigenvalue weighted by Crippen LogP contribution is -2.50. The Kier molecular flexibility index (Phi) is 8.26. The van der Waals surface area contributed by atoms with Crippen LogP contribution in [0.25, 0.3) is 0 Å². The van der Waals surface area contributed by atoms with Crippen molar-refractivity contribution in [1.82, 2.24) is 10.2 Å². The van der Waals surface area contributed by atoms with Crippen molar-refractivity contribution in [3.05, 3.63) is 61.2 Å². The fourth-order valence-electron chi connectivity index (χ4n) is 2.18. The Morgan fingerprint density at radius 3 is 2.40 bits per heavy atom. The molecular weight excluding hydrogens is 320 g/mol. The molecule has 6 nitrogen and oxygen atoms in total. The van der Waals surface area contributed by atoms with E-state index < -0.39 is 18.2 Å². The van der Waals surface area contributed by atoms with Gasteiger partial charge in [0.05, 0.1) is 12.1 Å². The fourth-order valence-corrected chi connectivity index (χ4v) is 2.18. The molecule has 1 aromatic rings. The first-order valence-electron chi connectivity index (χ1n) is 8.11. The van der Waals surface area contributed by atoms with Crippen LogP contribution in [0, 0.1) is 5.92 Å². The van der Waals surface area contributed by atoms with E-state index >= 15 is 0 Å². The molecule has 0 spiro atoms. The quantitative estimate of drug-likeness (QED) is 0.669. The molecule has 1 rings (SSSR count). The Morgan fingerprint density at radius 1 is 1.24 bits per heavy atom. The molecule has 0 heterocycles. The molecule has 0 aliphatic heterocycles. The third kappa shape index (κ3) is 6.71. The van der Waals surface area contributed by atoms with Crippen LogP contribution in [0.2, 0.25) is 0 Å². The predicted molar refractivity (Wildman–Crippen MR) is 97.3 cm³/mol. The number of hydrogen-bond acceptors (Lipinski definition) is 3. The molecule has 25 heavy (non-hydrogen) atoms. The van der Waals surface area contributed by atoms with Gasteiger partial charge in [-0.3, -0.25) is 0 Å². The highest BCUT2D eigenvalue weighted by Gasteiger charge is 2.26. The highest BCUT2D eigenvalue weighted by Crippen LogP contribution is 2.11. The molecule has 0 aliphatic carbocycles. The molecule has 2 N–H and O–H groups in total. The number of carboxylic acid groups (broad SMARTS) is 1. The molecule has 0 radical (unpaired) electrons. The van der Waals surface area contributed by atoms with Crippen LogP contribution in [-0.2, 0) is 11.3 Å². The maximum atomic E-state index is 12.1. The average Bonchev–Trinajstić information content (AvgIpc) is 2.62. The molecule has 0 aliphatic rings. The lowest BCUT2D eigenvalue weighted by molar-refractivity contribution is 0.114. The molecule has 6 heteroatoms. The Bertz CT molecular complexity index is 588. The van der Waals surface area contributed by atoms with Gasteiger partial charge in [0.25, 0.3) is 0 Å². The number of benzene rings is 1. The lowest BCUT2D eigenvalue weighted by Gasteiger charge is -2.31. The number of carbonyl (C=O) groups excluding carboxylic acids is 1. The van der Waals surface area contributed by atoms with Crippen molar-refractivity contribution in [2.75, 3.05) is 6.54 Å². The molecule has 0 fully saturated rings. The molecule has 0 saturated heterocycles. The number of nitrogens with one attached hydrogen (secondary N) is 1. The molecule has 0 aromatic heterocycles. The van der Waals surface area contributed by atoms with Crippen LogP contribution in [0.3, 0.4) is 0 Å². The number of hydrogen-bond donors (Lipinski definition) is 2. The van der Waals surface area contributed by atoms with Crippen molar-refractivity contribution in [3.8, 4) is 0 Å². The Morgan fingerprint density at radius 2 is 1.88 bits per heavy atom. The van der Waals surface area contributed by atoms with E-state index in [1.54, 1.807) is 13.0 Å². The maximum absolute atomic E-state index is 12.1. The van der Waals surface area contributed by atoms with Crippen LogP contribution in [0.1, 0.15) is 19.4 Å². The first-order chi connectivity index (χ1) is 11.9. The van der Waals surface area contributed by atoms with Gasteiger partial charge < -0.3 is 20.1 Å². The van der Waals surface area contributed by atoms with Crippen molar-refractivity contribution in [3.63, 3.8) is 0 Å². The number of alkyl carbamates (subject to hydrolysis) is 1. The molecule has 1 aromatic carbocycles. The van der Waals surface area contributed by atoms with Crippen LogP contribution in [0.15, 0.2) is 55.6 Å². The zero-order chi connectivity index (χ0) is 18.8. The van der Waals surface area contributed by atoms with Gasteiger partial charge in [0, 0.05) is 6.54 Å². The highest BCUT2D eigenvalue weighted by atomic mass is 16.5. The number of nitrogens with zero attached hydrogens (tertiary/aromatic N) is 1. The summed E-state index contributed by atoms with van der Waals surface area (Å²) in [5.74, 6) is -0.136. The average molecular weight is 346 g/mol. The van der Waals surface area contributed by atoms with Gasteiger partial charge in [-0.25, -0.2) is 9.59 Å². The van der Waals surface area contributed by atoms with Gasteiger partial charge >= 0.3 is 12.2 Å². The summed E-state index contributed by atoms with van der Waals surface area (Å²) >= 11 is 0. The Labute approximate surface area is 148 Å². The number of ether oxygens (including phenoxy) is 1. The second-order valence-electron chi connectivity index (χ2n) is 5.82. The SMILES string of the molecule is C=C[C@H](C)[C@@H](CN(C(=O)O)[C@@H](C)C=C)NC(=O)OCc1ccccc1. The predicted octanol–water partition coefficient (Wildman–Crippen LogP) is 3.66. The van der Waals surface area contributed by atoms with Gasteiger partial charge in [-0.1, -0.05) is 49.4 Å². The largest absolute Gasteiger partial charge is 0.465 e. The summed E-state index contributed by atoms with van der Waals surface area (Å²) in [5.41, 5.74) is 0.874. The smallest absolute Gasteiger partial charge is 0.407 e. The van der Waals surface area contributed by atoms with Gasteiger partial charge in [-0.2, -0.15) is 0 Å². The van der Waals surface area contributed by atoms with E-state index in [0.29, 0.717) is 0 Å². The minimum Gasteiger partial charge on any atom is -0.465 e. The zero-order valence-electron chi connectivity index (χ0n) is 14.7. The molecule has 0 bridgehead atoms. The maximum Gasteiger partial charge on any atom is 0.407 e. The highest BCUT2D eigenvalue weighted by molar-refractivity contribution is 5.68. The van der Waals surface area contributed by atoms with Crippen LogP contribution < -0.4 is 5.32 Å². The van der Waals surface area contributed by atoms with E-state index in [0.717, 1.165) is 5.56 Å². The number of carbonyl (C=O) groups is 2. The molecule has 136 valence electrons. The van der Waals surface area contributed by atoms with Gasteiger partial charge in [0.1, 0.15) is 6.61 Å². The summed E-state index contributed by atoms with van der Waals surface area (Å²) < 4.78 is 5.21. The van der Waals surface area contributed by atoms with E-state index in [2.05, 4.69) is 18.5 Å². The minimum atomic E-state index is -1.08. The first-order valence-corrected chi connectivity index (χ1v) is 8.11. The number of amides is 2. The van der Waals surface area contributed by atoms with Crippen molar-refractivity contribution in [2.45, 2.75) is 32.5 Å². The van der Waals surface area contributed by atoms with Crippen LogP contribution in [-0.4, -0.2) is 40.8 Å². The van der Waals surface area contributed by atoms with Crippen molar-refractivity contribution in [2.24, 2.45) is 5.92 Å². The van der Waals surface area contributed by atoms with Crippen LogP contribution in [0.4, 0.5) is 9.59 Å². The normalized spacial score (nSPS) is 13.8. The summed E-state index contributed by atoms with van der Waals surface area (Å²) in [4.78, 5) is 24.8. The monoisotopic (exact) mass is 346 g/mol. The summed E-state index contributed by atoms with van der Waals surface area (Å²) in [7, 11) is 0. The Hall–Kier alpha value is -2.76. The first kappa shape index (κ1) is 20.3. The fraction of sp³-hybridized carbons (Fsp3) is 0.368. The molecular formula is C19H26N2O4. The summed E-state index contributed by atoms with van der Waals surface area (Å²) in [6.07, 6.45) is 1.53. The number of rotatable bonds is 9. The van der Waals surface area contributed by atoms with Crippen LogP contribution >= 0.6 is 0 Å². The van der Waals surface area contributed by atoms with Crippen LogP contribution in [0.5, 0.6) is 0 Å². The third-order valence-corrected chi connectivity index (χ3v) is 3.99. The summed E-state index contributed by atoms with van der Waals surface area (Å²) in [5, 5.41) is 12.1. The van der Waals surface area contributed by atoms with Gasteiger partial charge in [-0.15, -0.1) is 13.2 Å². The van der Waals surface area contributed by atoms with Crippen molar-refractivity contribution in [1.29, 1.82) is 0 Å². The minimum absolute atomic E-state index is 0.107. The molecule has 0 saturated carbocycles. The second kappa shape index (κ2) is 10.2. The second-order valence-corrected chi connectivity index (χ2v) is 5.82. The standard InChI is InChI=1S/C19H26N2O4/c1-5-14(3)17(12-21(19(23)24)15(4)6-2)20-18(22)25-13-16-10-8-7-9-11-16/h5-11,14-15,17H,1-2,12-13H2,3-4H3,(H,20,22)(H,23,24)/t14-,15-,17+/m0/s1. The van der Waals surface area contributed by atoms with E-state index in [4.69, 9.17) is 4.74 Å². The van der Waals surface area contributed by atoms with E-state index in [-0.39, 0.29) is 25.1 Å². The topological polar surface area (TPSA) is 78.9 Å². The van der Waals surface area contributed by atoms with Crippen molar-refractivity contribution < 1.29 is 19.4 Å². The van der Waals surface area contributed by atoms with E-state index in [9.17, 15) is 14.7 Å². The van der Waals surface area contributed by atoms with Crippen molar-refractivity contribution >= 4 is 12.2 Å². The van der Waals surface area contributed by atoms with E-state index in [1.165, 1.54) is 11.0 Å².